The number of hydrogen-bond donors (Lipinski definition) is 2. The van der Waals surface area contributed by atoms with Crippen LogP contribution in [0.2, 0.25) is 0 Å². The van der Waals surface area contributed by atoms with Gasteiger partial charge >= 0.3 is 0 Å². The van der Waals surface area contributed by atoms with Gasteiger partial charge in [0, 0.05) is 12.6 Å². The van der Waals surface area contributed by atoms with Crippen molar-refractivity contribution in [2.45, 2.75) is 58.9 Å². The van der Waals surface area contributed by atoms with Gasteiger partial charge < -0.3 is 10.4 Å². The van der Waals surface area contributed by atoms with Gasteiger partial charge in [0.25, 0.3) is 0 Å². The minimum absolute atomic E-state index is 0.332. The lowest BCUT2D eigenvalue weighted by Gasteiger charge is -2.33. The zero-order valence-electron chi connectivity index (χ0n) is 11.2. The van der Waals surface area contributed by atoms with Crippen LogP contribution in [-0.2, 0) is 0 Å². The van der Waals surface area contributed by atoms with Gasteiger partial charge in [-0.2, -0.15) is 0 Å². The van der Waals surface area contributed by atoms with Crippen molar-refractivity contribution in [2.24, 2.45) is 17.8 Å². The van der Waals surface area contributed by atoms with Crippen molar-refractivity contribution in [1.82, 2.24) is 5.32 Å². The highest BCUT2D eigenvalue weighted by Crippen LogP contribution is 2.29. The normalized spacial score (nSPS) is 32.6. The maximum absolute atomic E-state index is 8.95. The first-order valence-electron chi connectivity index (χ1n) is 7.01. The monoisotopic (exact) mass is 227 g/mol. The first-order valence-corrected chi connectivity index (χ1v) is 7.01. The van der Waals surface area contributed by atoms with Gasteiger partial charge in [0.05, 0.1) is 0 Å². The highest BCUT2D eigenvalue weighted by molar-refractivity contribution is 4.80. The van der Waals surface area contributed by atoms with E-state index in [0.29, 0.717) is 12.5 Å². The van der Waals surface area contributed by atoms with E-state index in [1.165, 1.54) is 25.7 Å². The second-order valence-electron chi connectivity index (χ2n) is 5.66. The summed E-state index contributed by atoms with van der Waals surface area (Å²) in [6, 6.07) is 0.721. The molecule has 2 nitrogen and oxygen atoms in total. The molecule has 0 aromatic rings. The van der Waals surface area contributed by atoms with Crippen LogP contribution in [0.25, 0.3) is 0 Å². The first kappa shape index (κ1) is 14.0. The molecular formula is C14H29NO. The van der Waals surface area contributed by atoms with Crippen LogP contribution in [0.15, 0.2) is 0 Å². The van der Waals surface area contributed by atoms with Gasteiger partial charge in [0.2, 0.25) is 0 Å². The summed E-state index contributed by atoms with van der Waals surface area (Å²) in [7, 11) is 0. The third kappa shape index (κ3) is 4.42. The molecule has 0 spiro atoms. The molecular weight excluding hydrogens is 198 g/mol. The summed E-state index contributed by atoms with van der Waals surface area (Å²) in [6.45, 7) is 8.39. The van der Waals surface area contributed by atoms with Crippen LogP contribution in [0.4, 0.5) is 0 Å². The van der Waals surface area contributed by atoms with Crippen molar-refractivity contribution in [1.29, 1.82) is 0 Å². The molecule has 96 valence electrons. The third-order valence-corrected chi connectivity index (χ3v) is 4.41. The molecule has 0 amide bonds. The molecule has 0 aromatic heterocycles. The minimum atomic E-state index is 0.332. The zero-order chi connectivity index (χ0) is 12.0. The van der Waals surface area contributed by atoms with Gasteiger partial charge in [-0.15, -0.1) is 0 Å². The van der Waals surface area contributed by atoms with Crippen LogP contribution < -0.4 is 5.32 Å². The van der Waals surface area contributed by atoms with Crippen LogP contribution in [0.5, 0.6) is 0 Å². The van der Waals surface area contributed by atoms with E-state index in [9.17, 15) is 0 Å². The van der Waals surface area contributed by atoms with Crippen LogP contribution >= 0.6 is 0 Å². The molecule has 16 heavy (non-hydrogen) atoms. The van der Waals surface area contributed by atoms with Crippen LogP contribution in [0, 0.1) is 17.8 Å². The van der Waals surface area contributed by atoms with Crippen molar-refractivity contribution in [2.75, 3.05) is 13.2 Å². The van der Waals surface area contributed by atoms with Gasteiger partial charge in [-0.25, -0.2) is 0 Å². The van der Waals surface area contributed by atoms with E-state index in [1.54, 1.807) is 0 Å². The predicted molar refractivity (Wildman–Crippen MR) is 69.5 cm³/mol. The average Bonchev–Trinajstić information content (AvgIpc) is 2.28. The van der Waals surface area contributed by atoms with Gasteiger partial charge in [-0.05, 0) is 50.0 Å². The minimum Gasteiger partial charge on any atom is -0.396 e. The first-order chi connectivity index (χ1) is 7.67. The standard InChI is InChI=1S/C14H29NO/c1-4-13(7-8-16)10-15-14-6-5-11(2)12(3)9-14/h11-16H,4-10H2,1-3H3. The Morgan fingerprint density at radius 1 is 1.25 bits per heavy atom. The van der Waals surface area contributed by atoms with E-state index < -0.39 is 0 Å². The van der Waals surface area contributed by atoms with E-state index in [2.05, 4.69) is 26.1 Å². The second-order valence-corrected chi connectivity index (χ2v) is 5.66. The summed E-state index contributed by atoms with van der Waals surface area (Å²) in [5.74, 6) is 2.42. The second kappa shape index (κ2) is 7.29. The summed E-state index contributed by atoms with van der Waals surface area (Å²) in [5, 5.41) is 12.7. The third-order valence-electron chi connectivity index (χ3n) is 4.41. The maximum Gasteiger partial charge on any atom is 0.0434 e. The summed E-state index contributed by atoms with van der Waals surface area (Å²) < 4.78 is 0. The topological polar surface area (TPSA) is 32.3 Å². The molecule has 2 N–H and O–H groups in total. The Hall–Kier alpha value is -0.0800. The molecule has 1 fully saturated rings. The molecule has 1 aliphatic rings. The highest BCUT2D eigenvalue weighted by atomic mass is 16.3. The van der Waals surface area contributed by atoms with Gasteiger partial charge in [0.1, 0.15) is 0 Å². The molecule has 2 heteroatoms. The Labute approximate surface area is 101 Å². The Bertz CT molecular complexity index is 184. The van der Waals surface area contributed by atoms with E-state index in [1.807, 2.05) is 0 Å². The molecule has 4 atom stereocenters. The average molecular weight is 227 g/mol. The SMILES string of the molecule is CCC(CCO)CNC1CCC(C)C(C)C1. The van der Waals surface area contributed by atoms with Crippen molar-refractivity contribution in [3.05, 3.63) is 0 Å². The Morgan fingerprint density at radius 2 is 2.00 bits per heavy atom. The maximum atomic E-state index is 8.95. The smallest absolute Gasteiger partial charge is 0.0434 e. The van der Waals surface area contributed by atoms with Crippen LogP contribution in [0.3, 0.4) is 0 Å². The van der Waals surface area contributed by atoms with Crippen molar-refractivity contribution < 1.29 is 5.11 Å². The molecule has 1 aliphatic carbocycles. The van der Waals surface area contributed by atoms with Crippen molar-refractivity contribution >= 4 is 0 Å². The fraction of sp³-hybridized carbons (Fsp3) is 1.00. The molecule has 0 aromatic carbocycles. The van der Waals surface area contributed by atoms with Gasteiger partial charge in [-0.1, -0.05) is 27.2 Å². The number of hydrogen-bond acceptors (Lipinski definition) is 2. The summed E-state index contributed by atoms with van der Waals surface area (Å²) in [5.41, 5.74) is 0. The van der Waals surface area contributed by atoms with Crippen molar-refractivity contribution in [3.8, 4) is 0 Å². The highest BCUT2D eigenvalue weighted by Gasteiger charge is 2.24. The lowest BCUT2D eigenvalue weighted by atomic mass is 9.79. The lowest BCUT2D eigenvalue weighted by molar-refractivity contribution is 0.209. The van der Waals surface area contributed by atoms with Gasteiger partial charge in [0.15, 0.2) is 0 Å². The molecule has 4 unspecified atom stereocenters. The lowest BCUT2D eigenvalue weighted by Crippen LogP contribution is -2.38. The van der Waals surface area contributed by atoms with Crippen molar-refractivity contribution in [3.63, 3.8) is 0 Å². The van der Waals surface area contributed by atoms with Crippen LogP contribution in [0.1, 0.15) is 52.9 Å². The number of rotatable bonds is 6. The molecule has 0 aliphatic heterocycles. The molecule has 0 saturated heterocycles. The quantitative estimate of drug-likeness (QED) is 0.731. The summed E-state index contributed by atoms with van der Waals surface area (Å²) in [4.78, 5) is 0. The van der Waals surface area contributed by atoms with E-state index in [-0.39, 0.29) is 0 Å². The van der Waals surface area contributed by atoms with E-state index in [0.717, 1.165) is 30.8 Å². The predicted octanol–water partition coefficient (Wildman–Crippen LogP) is 2.81. The fourth-order valence-corrected chi connectivity index (χ4v) is 2.70. The Morgan fingerprint density at radius 3 is 2.56 bits per heavy atom. The van der Waals surface area contributed by atoms with Crippen LogP contribution in [-0.4, -0.2) is 24.3 Å². The number of aliphatic hydroxyl groups is 1. The van der Waals surface area contributed by atoms with Gasteiger partial charge in [-0.3, -0.25) is 0 Å². The van der Waals surface area contributed by atoms with E-state index in [4.69, 9.17) is 5.11 Å². The number of aliphatic hydroxyl groups excluding tert-OH is 1. The summed E-state index contributed by atoms with van der Waals surface area (Å²) >= 11 is 0. The molecule has 0 bridgehead atoms. The largest absolute Gasteiger partial charge is 0.396 e. The summed E-state index contributed by atoms with van der Waals surface area (Å²) in [6.07, 6.45) is 6.15. The number of nitrogens with one attached hydrogen (secondary N) is 1. The molecule has 1 saturated carbocycles. The zero-order valence-corrected chi connectivity index (χ0v) is 11.2. The van der Waals surface area contributed by atoms with E-state index >= 15 is 0 Å². The molecule has 0 heterocycles. The Kier molecular flexibility index (Phi) is 6.37. The Balaban J connectivity index is 2.21. The molecule has 1 rings (SSSR count). The molecule has 0 radical (unpaired) electrons. The fourth-order valence-electron chi connectivity index (χ4n) is 2.70.